The lowest BCUT2D eigenvalue weighted by Crippen LogP contribution is -2.38. The zero-order chi connectivity index (χ0) is 18.8. The molecule has 2 aromatic heterocycles. The molecule has 2 N–H and O–H groups in total. The molecule has 1 fully saturated rings. The highest BCUT2D eigenvalue weighted by Crippen LogP contribution is 2.29. The monoisotopic (exact) mass is 362 g/mol. The molecule has 1 unspecified atom stereocenters. The Labute approximate surface area is 162 Å². The molecule has 4 nitrogen and oxygen atoms in total. The van der Waals surface area contributed by atoms with Gasteiger partial charge in [-0.1, -0.05) is 44.5 Å². The van der Waals surface area contributed by atoms with Gasteiger partial charge in [0.15, 0.2) is 0 Å². The van der Waals surface area contributed by atoms with Gasteiger partial charge in [0.05, 0.1) is 11.4 Å². The average Bonchev–Trinajstić information content (AvgIpc) is 3.06. The van der Waals surface area contributed by atoms with E-state index in [1.807, 2.05) is 18.3 Å². The number of fused-ring (bicyclic) bond motifs is 1. The molecule has 0 saturated carbocycles. The molecule has 3 heterocycles. The molecular formula is C23H30N4. The van der Waals surface area contributed by atoms with Crippen molar-refractivity contribution in [3.05, 3.63) is 53.9 Å². The number of aromatic nitrogens is 2. The molecule has 4 rings (SSSR count). The van der Waals surface area contributed by atoms with Gasteiger partial charge in [-0.25, -0.2) is 4.98 Å². The number of imidazole rings is 1. The van der Waals surface area contributed by atoms with Crippen molar-refractivity contribution in [1.29, 1.82) is 0 Å². The van der Waals surface area contributed by atoms with Crippen LogP contribution in [0.25, 0.3) is 16.9 Å². The van der Waals surface area contributed by atoms with E-state index in [9.17, 15) is 0 Å². The number of hydrogen-bond acceptors (Lipinski definition) is 3. The van der Waals surface area contributed by atoms with Crippen LogP contribution in [0.15, 0.2) is 42.6 Å². The number of aryl methyl sites for hydroxylation is 1. The average molecular weight is 363 g/mol. The Morgan fingerprint density at radius 2 is 1.89 bits per heavy atom. The molecule has 3 aromatic rings. The van der Waals surface area contributed by atoms with Gasteiger partial charge in [-0.15, -0.1) is 0 Å². The summed E-state index contributed by atoms with van der Waals surface area (Å²) in [4.78, 5) is 7.62. The largest absolute Gasteiger partial charge is 0.398 e. The fourth-order valence-electron chi connectivity index (χ4n) is 4.31. The van der Waals surface area contributed by atoms with E-state index >= 15 is 0 Å². The summed E-state index contributed by atoms with van der Waals surface area (Å²) in [6, 6.07) is 13.5. The maximum atomic E-state index is 6.10. The molecule has 0 bridgehead atoms. The van der Waals surface area contributed by atoms with E-state index in [1.54, 1.807) is 0 Å². The summed E-state index contributed by atoms with van der Waals surface area (Å²) in [7, 11) is 0. The maximum absolute atomic E-state index is 6.10. The van der Waals surface area contributed by atoms with E-state index in [2.05, 4.69) is 47.4 Å². The van der Waals surface area contributed by atoms with Crippen LogP contribution < -0.4 is 5.73 Å². The molecule has 1 saturated heterocycles. The van der Waals surface area contributed by atoms with Crippen molar-refractivity contribution in [2.75, 3.05) is 12.3 Å². The first-order valence-electron chi connectivity index (χ1n) is 10.3. The topological polar surface area (TPSA) is 46.6 Å². The number of piperidine rings is 1. The highest BCUT2D eigenvalue weighted by Gasteiger charge is 2.24. The molecule has 0 aliphatic carbocycles. The third-order valence-electron chi connectivity index (χ3n) is 5.95. The number of rotatable bonds is 5. The summed E-state index contributed by atoms with van der Waals surface area (Å²) < 4.78 is 2.19. The van der Waals surface area contributed by atoms with Crippen molar-refractivity contribution in [3.8, 4) is 11.3 Å². The second kappa shape index (κ2) is 7.73. The number of benzene rings is 1. The number of nitrogen functional groups attached to an aromatic ring is 1. The van der Waals surface area contributed by atoms with Crippen LogP contribution in [-0.4, -0.2) is 26.9 Å². The summed E-state index contributed by atoms with van der Waals surface area (Å²) in [6.07, 6.45) is 8.22. The van der Waals surface area contributed by atoms with E-state index < -0.39 is 0 Å². The number of anilines is 1. The van der Waals surface area contributed by atoms with Crippen molar-refractivity contribution in [3.63, 3.8) is 0 Å². The molecule has 4 heteroatoms. The van der Waals surface area contributed by atoms with Crippen LogP contribution in [-0.2, 0) is 13.0 Å². The highest BCUT2D eigenvalue weighted by atomic mass is 15.2. The second-order valence-electron chi connectivity index (χ2n) is 7.68. The molecule has 1 aliphatic heterocycles. The summed E-state index contributed by atoms with van der Waals surface area (Å²) in [5, 5.41) is 0. The lowest BCUT2D eigenvalue weighted by atomic mass is 9.99. The van der Waals surface area contributed by atoms with Gasteiger partial charge in [0.25, 0.3) is 0 Å². The smallest absolute Gasteiger partial charge is 0.137 e. The molecule has 1 aromatic carbocycles. The minimum atomic E-state index is 0.667. The first-order valence-corrected chi connectivity index (χ1v) is 10.3. The van der Waals surface area contributed by atoms with Crippen LogP contribution >= 0.6 is 0 Å². The van der Waals surface area contributed by atoms with E-state index in [0.29, 0.717) is 6.04 Å². The SMILES string of the molecule is CCc1ccc(-c2nc3ccc(N)cn3c2CN2CCCCC2CC)cc1. The third kappa shape index (κ3) is 3.59. The predicted molar refractivity (Wildman–Crippen MR) is 113 cm³/mol. The molecule has 1 aliphatic rings. The lowest BCUT2D eigenvalue weighted by molar-refractivity contribution is 0.134. The minimum absolute atomic E-state index is 0.667. The molecule has 27 heavy (non-hydrogen) atoms. The summed E-state index contributed by atoms with van der Waals surface area (Å²) in [5.74, 6) is 0. The van der Waals surface area contributed by atoms with Gasteiger partial charge in [-0.2, -0.15) is 0 Å². The number of nitrogens with two attached hydrogens (primary N) is 1. The van der Waals surface area contributed by atoms with E-state index in [-0.39, 0.29) is 0 Å². The zero-order valence-electron chi connectivity index (χ0n) is 16.5. The molecule has 0 amide bonds. The van der Waals surface area contributed by atoms with E-state index in [4.69, 9.17) is 10.7 Å². The van der Waals surface area contributed by atoms with Gasteiger partial charge < -0.3 is 10.1 Å². The quantitative estimate of drug-likeness (QED) is 0.701. The Bertz CT molecular complexity index is 910. The van der Waals surface area contributed by atoms with Crippen LogP contribution in [0.3, 0.4) is 0 Å². The van der Waals surface area contributed by atoms with Crippen molar-refractivity contribution in [2.45, 2.75) is 58.5 Å². The number of pyridine rings is 1. The summed E-state index contributed by atoms with van der Waals surface area (Å²) in [6.45, 7) is 6.59. The normalized spacial score (nSPS) is 18.2. The van der Waals surface area contributed by atoms with Crippen LogP contribution in [0, 0.1) is 0 Å². The standard InChI is InChI=1S/C23H30N4/c1-3-17-8-10-18(11-9-17)23-21(16-26-14-6-5-7-20(26)4-2)27-15-19(24)12-13-22(27)25-23/h8-13,15,20H,3-7,14,16,24H2,1-2H3. The first kappa shape index (κ1) is 18.1. The number of hydrogen-bond donors (Lipinski definition) is 1. The summed E-state index contributed by atoms with van der Waals surface area (Å²) >= 11 is 0. The van der Waals surface area contributed by atoms with E-state index in [0.717, 1.165) is 30.0 Å². The lowest BCUT2D eigenvalue weighted by Gasteiger charge is -2.35. The minimum Gasteiger partial charge on any atom is -0.398 e. The number of nitrogens with zero attached hydrogens (tertiary/aromatic N) is 3. The Morgan fingerprint density at radius 3 is 2.63 bits per heavy atom. The van der Waals surface area contributed by atoms with Gasteiger partial charge in [0.2, 0.25) is 0 Å². The summed E-state index contributed by atoms with van der Waals surface area (Å²) in [5.41, 5.74) is 12.7. The van der Waals surface area contributed by atoms with Crippen molar-refractivity contribution in [2.24, 2.45) is 0 Å². The molecular weight excluding hydrogens is 332 g/mol. The number of likely N-dealkylation sites (tertiary alicyclic amines) is 1. The van der Waals surface area contributed by atoms with Crippen LogP contribution in [0.5, 0.6) is 0 Å². The van der Waals surface area contributed by atoms with Crippen molar-refractivity contribution in [1.82, 2.24) is 14.3 Å². The third-order valence-corrected chi connectivity index (χ3v) is 5.95. The highest BCUT2D eigenvalue weighted by molar-refractivity contribution is 5.67. The van der Waals surface area contributed by atoms with Gasteiger partial charge in [0.1, 0.15) is 5.65 Å². The predicted octanol–water partition coefficient (Wildman–Crippen LogP) is 4.91. The van der Waals surface area contributed by atoms with Gasteiger partial charge in [0, 0.05) is 30.0 Å². The molecule has 142 valence electrons. The Morgan fingerprint density at radius 1 is 1.07 bits per heavy atom. The molecule has 1 atom stereocenters. The second-order valence-corrected chi connectivity index (χ2v) is 7.68. The fourth-order valence-corrected chi connectivity index (χ4v) is 4.31. The maximum Gasteiger partial charge on any atom is 0.137 e. The Kier molecular flexibility index (Phi) is 5.17. The van der Waals surface area contributed by atoms with Gasteiger partial charge in [-0.3, -0.25) is 4.90 Å². The molecule has 0 radical (unpaired) electrons. The van der Waals surface area contributed by atoms with Gasteiger partial charge in [-0.05, 0) is 49.9 Å². The molecule has 0 spiro atoms. The van der Waals surface area contributed by atoms with E-state index in [1.165, 1.54) is 49.0 Å². The van der Waals surface area contributed by atoms with Crippen molar-refractivity contribution < 1.29 is 0 Å². The zero-order valence-corrected chi connectivity index (χ0v) is 16.5. The van der Waals surface area contributed by atoms with Crippen LogP contribution in [0.2, 0.25) is 0 Å². The van der Waals surface area contributed by atoms with Crippen LogP contribution in [0.1, 0.15) is 50.8 Å². The van der Waals surface area contributed by atoms with Gasteiger partial charge >= 0.3 is 0 Å². The van der Waals surface area contributed by atoms with Crippen LogP contribution in [0.4, 0.5) is 5.69 Å². The Hall–Kier alpha value is -2.33. The first-order chi connectivity index (χ1) is 13.2. The van der Waals surface area contributed by atoms with Crippen molar-refractivity contribution >= 4 is 11.3 Å². The Balaban J connectivity index is 1.79. The fraction of sp³-hybridized carbons (Fsp3) is 0.435.